The van der Waals surface area contributed by atoms with Gasteiger partial charge in [-0.25, -0.2) is 13.8 Å². The molecule has 2 N–H and O–H groups in total. The Bertz CT molecular complexity index is 1260. The fraction of sp³-hybridized carbons (Fsp3) is 0.320. The SMILES string of the molecule is Cc1nc(NCc2ccc(CN3CCc4cc(F)c(F)cc43)cc2)nc2c1NC(=O)[C@H](C)N2C. The number of aryl methyl sites for hydroxylation is 1. The number of carbonyl (C=O) groups excluding carboxylic acids is 1. The van der Waals surface area contributed by atoms with Crippen LogP contribution in [0.15, 0.2) is 36.4 Å². The Kier molecular flexibility index (Phi) is 5.55. The van der Waals surface area contributed by atoms with E-state index in [1.54, 1.807) is 0 Å². The van der Waals surface area contributed by atoms with Crippen molar-refractivity contribution in [2.75, 3.05) is 34.0 Å². The third-order valence-corrected chi connectivity index (χ3v) is 6.57. The molecule has 1 aromatic heterocycles. The van der Waals surface area contributed by atoms with Crippen LogP contribution >= 0.6 is 0 Å². The molecule has 9 heteroatoms. The number of anilines is 4. The van der Waals surface area contributed by atoms with Crippen LogP contribution in [0.25, 0.3) is 0 Å². The van der Waals surface area contributed by atoms with Crippen molar-refractivity contribution < 1.29 is 13.6 Å². The first-order valence-corrected chi connectivity index (χ1v) is 11.3. The molecule has 0 unspecified atom stereocenters. The average Bonchev–Trinajstić information content (AvgIpc) is 3.19. The lowest BCUT2D eigenvalue weighted by Gasteiger charge is -2.32. The van der Waals surface area contributed by atoms with E-state index in [0.29, 0.717) is 42.7 Å². The molecule has 0 spiro atoms. The first-order valence-electron chi connectivity index (χ1n) is 11.3. The second-order valence-electron chi connectivity index (χ2n) is 8.84. The summed E-state index contributed by atoms with van der Waals surface area (Å²) in [7, 11) is 1.85. The highest BCUT2D eigenvalue weighted by molar-refractivity contribution is 6.03. The van der Waals surface area contributed by atoms with Gasteiger partial charge in [-0.3, -0.25) is 4.79 Å². The molecule has 5 rings (SSSR count). The number of nitrogens with zero attached hydrogens (tertiary/aromatic N) is 4. The maximum absolute atomic E-state index is 13.7. The van der Waals surface area contributed by atoms with E-state index in [0.717, 1.165) is 28.9 Å². The van der Waals surface area contributed by atoms with Gasteiger partial charge in [0.25, 0.3) is 0 Å². The summed E-state index contributed by atoms with van der Waals surface area (Å²) in [5, 5.41) is 6.15. The van der Waals surface area contributed by atoms with Gasteiger partial charge in [-0.2, -0.15) is 4.98 Å². The lowest BCUT2D eigenvalue weighted by atomic mass is 10.1. The number of amides is 1. The minimum atomic E-state index is -0.810. The monoisotopic (exact) mass is 464 g/mol. The largest absolute Gasteiger partial charge is 0.367 e. The van der Waals surface area contributed by atoms with Gasteiger partial charge in [0.2, 0.25) is 11.9 Å². The Morgan fingerprint density at radius 2 is 1.82 bits per heavy atom. The molecule has 1 atom stereocenters. The van der Waals surface area contributed by atoms with Crippen LogP contribution in [-0.2, 0) is 24.3 Å². The van der Waals surface area contributed by atoms with E-state index in [-0.39, 0.29) is 11.9 Å². The quantitative estimate of drug-likeness (QED) is 0.594. The van der Waals surface area contributed by atoms with Crippen molar-refractivity contribution in [1.29, 1.82) is 0 Å². The first kappa shape index (κ1) is 22.1. The Balaban J connectivity index is 1.25. The predicted molar refractivity (Wildman–Crippen MR) is 128 cm³/mol. The number of fused-ring (bicyclic) bond motifs is 2. The summed E-state index contributed by atoms with van der Waals surface area (Å²) in [6, 6.07) is 10.4. The van der Waals surface area contributed by atoms with Crippen LogP contribution in [0.1, 0.15) is 29.3 Å². The Hall–Kier alpha value is -3.75. The first-order chi connectivity index (χ1) is 16.3. The van der Waals surface area contributed by atoms with Gasteiger partial charge < -0.3 is 20.4 Å². The smallest absolute Gasteiger partial charge is 0.246 e. The van der Waals surface area contributed by atoms with Gasteiger partial charge in [0.15, 0.2) is 17.5 Å². The molecule has 2 aliphatic rings. The summed E-state index contributed by atoms with van der Waals surface area (Å²) in [5.41, 5.74) is 5.12. The van der Waals surface area contributed by atoms with Crippen molar-refractivity contribution in [3.05, 3.63) is 70.4 Å². The standard InChI is InChI=1S/C25H26F2N6O/c1-14-22-23(32(3)15(2)24(34)30-22)31-25(29-14)28-12-16-4-6-17(7-5-16)13-33-9-8-18-10-19(26)20(27)11-21(18)33/h4-7,10-11,15H,8-9,12-13H2,1-3H3,(H,30,34)(H,28,29,31)/t15-/m0/s1. The van der Waals surface area contributed by atoms with Crippen LogP contribution in [0.3, 0.4) is 0 Å². The summed E-state index contributed by atoms with van der Waals surface area (Å²) in [4.78, 5) is 25.1. The molecule has 0 saturated carbocycles. The van der Waals surface area contributed by atoms with Gasteiger partial charge >= 0.3 is 0 Å². The molecule has 0 fully saturated rings. The molecule has 3 heterocycles. The number of likely N-dealkylation sites (N-methyl/N-ethyl adjacent to an activating group) is 1. The molecular weight excluding hydrogens is 438 g/mol. The fourth-order valence-corrected chi connectivity index (χ4v) is 4.40. The Morgan fingerprint density at radius 3 is 2.59 bits per heavy atom. The highest BCUT2D eigenvalue weighted by Gasteiger charge is 2.30. The number of aromatic nitrogens is 2. The second kappa shape index (κ2) is 8.55. The number of rotatable bonds is 5. The molecule has 7 nitrogen and oxygen atoms in total. The van der Waals surface area contributed by atoms with E-state index >= 15 is 0 Å². The number of benzene rings is 2. The maximum Gasteiger partial charge on any atom is 0.246 e. The Morgan fingerprint density at radius 1 is 1.12 bits per heavy atom. The fourth-order valence-electron chi connectivity index (χ4n) is 4.40. The second-order valence-corrected chi connectivity index (χ2v) is 8.84. The minimum absolute atomic E-state index is 0.0720. The summed E-state index contributed by atoms with van der Waals surface area (Å²) in [5.74, 6) is -0.480. The summed E-state index contributed by atoms with van der Waals surface area (Å²) >= 11 is 0. The van der Waals surface area contributed by atoms with Crippen molar-refractivity contribution in [2.24, 2.45) is 0 Å². The van der Waals surface area contributed by atoms with Gasteiger partial charge in [-0.15, -0.1) is 0 Å². The number of hydrogen-bond acceptors (Lipinski definition) is 6. The van der Waals surface area contributed by atoms with Crippen LogP contribution in [0, 0.1) is 18.6 Å². The zero-order chi connectivity index (χ0) is 24.0. The molecule has 0 aliphatic carbocycles. The van der Waals surface area contributed by atoms with Crippen molar-refractivity contribution in [3.8, 4) is 0 Å². The summed E-state index contributed by atoms with van der Waals surface area (Å²) in [6.45, 7) is 5.60. The van der Waals surface area contributed by atoms with E-state index < -0.39 is 11.6 Å². The summed E-state index contributed by atoms with van der Waals surface area (Å²) < 4.78 is 27.2. The molecule has 2 aromatic carbocycles. The number of nitrogens with one attached hydrogen (secondary N) is 2. The zero-order valence-corrected chi connectivity index (χ0v) is 19.3. The lowest BCUT2D eigenvalue weighted by Crippen LogP contribution is -2.44. The molecule has 34 heavy (non-hydrogen) atoms. The molecule has 0 radical (unpaired) electrons. The van der Waals surface area contributed by atoms with Crippen LogP contribution in [0.2, 0.25) is 0 Å². The van der Waals surface area contributed by atoms with E-state index in [4.69, 9.17) is 0 Å². The zero-order valence-electron chi connectivity index (χ0n) is 19.3. The van der Waals surface area contributed by atoms with E-state index in [9.17, 15) is 13.6 Å². The van der Waals surface area contributed by atoms with E-state index in [1.165, 1.54) is 12.1 Å². The van der Waals surface area contributed by atoms with Crippen molar-refractivity contribution >= 4 is 29.0 Å². The molecule has 0 saturated heterocycles. The van der Waals surface area contributed by atoms with E-state index in [2.05, 4.69) is 25.5 Å². The Labute approximate surface area is 196 Å². The third-order valence-electron chi connectivity index (χ3n) is 6.57. The molecule has 1 amide bonds. The van der Waals surface area contributed by atoms with Crippen LogP contribution < -0.4 is 20.4 Å². The van der Waals surface area contributed by atoms with Gasteiger partial charge in [0, 0.05) is 38.4 Å². The lowest BCUT2D eigenvalue weighted by molar-refractivity contribution is -0.117. The van der Waals surface area contributed by atoms with Crippen LogP contribution in [-0.4, -0.2) is 35.5 Å². The third kappa shape index (κ3) is 4.02. The maximum atomic E-state index is 13.7. The van der Waals surface area contributed by atoms with Crippen molar-refractivity contribution in [3.63, 3.8) is 0 Å². The van der Waals surface area contributed by atoms with Gasteiger partial charge in [0.1, 0.15) is 11.7 Å². The van der Waals surface area contributed by atoms with E-state index in [1.807, 2.05) is 50.1 Å². The topological polar surface area (TPSA) is 73.4 Å². The van der Waals surface area contributed by atoms with Crippen molar-refractivity contribution in [1.82, 2.24) is 9.97 Å². The molecule has 176 valence electrons. The van der Waals surface area contributed by atoms with Crippen LogP contribution in [0.5, 0.6) is 0 Å². The highest BCUT2D eigenvalue weighted by Crippen LogP contribution is 2.33. The molecule has 0 bridgehead atoms. The van der Waals surface area contributed by atoms with Crippen molar-refractivity contribution in [2.45, 2.75) is 39.4 Å². The highest BCUT2D eigenvalue weighted by atomic mass is 19.2. The number of carbonyl (C=O) groups is 1. The molecule has 2 aliphatic heterocycles. The van der Waals surface area contributed by atoms with Gasteiger partial charge in [0.05, 0.1) is 5.69 Å². The minimum Gasteiger partial charge on any atom is -0.367 e. The average molecular weight is 465 g/mol. The molecular formula is C25H26F2N6O. The number of hydrogen-bond donors (Lipinski definition) is 2. The number of halogens is 2. The normalized spacial score (nSPS) is 16.9. The molecule has 3 aromatic rings. The van der Waals surface area contributed by atoms with Gasteiger partial charge in [-0.05, 0) is 43.0 Å². The van der Waals surface area contributed by atoms with Crippen LogP contribution in [0.4, 0.5) is 31.9 Å². The van der Waals surface area contributed by atoms with Gasteiger partial charge in [-0.1, -0.05) is 24.3 Å². The predicted octanol–water partition coefficient (Wildman–Crippen LogP) is 4.01. The summed E-state index contributed by atoms with van der Waals surface area (Å²) in [6.07, 6.45) is 0.715.